The number of aliphatic carboxylic acids is 1. The van der Waals surface area contributed by atoms with Crippen molar-refractivity contribution in [3.8, 4) is 0 Å². The maximum absolute atomic E-state index is 12.1. The number of amides is 2. The van der Waals surface area contributed by atoms with Gasteiger partial charge < -0.3 is 15.3 Å². The molecule has 0 aromatic heterocycles. The number of carbonyl (C=O) groups is 2. The van der Waals surface area contributed by atoms with Crippen LogP contribution in [-0.2, 0) is 4.79 Å². The van der Waals surface area contributed by atoms with Gasteiger partial charge in [0.15, 0.2) is 0 Å². The van der Waals surface area contributed by atoms with Crippen molar-refractivity contribution in [3.63, 3.8) is 0 Å². The average Bonchev–Trinajstić information content (AvgIpc) is 2.37. The van der Waals surface area contributed by atoms with Gasteiger partial charge in [0, 0.05) is 19.1 Å². The zero-order valence-electron chi connectivity index (χ0n) is 12.9. The van der Waals surface area contributed by atoms with Crippen molar-refractivity contribution in [1.82, 2.24) is 10.2 Å². The molecule has 1 rings (SSSR count). The molecule has 1 aliphatic carbocycles. The summed E-state index contributed by atoms with van der Waals surface area (Å²) >= 11 is 0. The molecule has 2 N–H and O–H groups in total. The highest BCUT2D eigenvalue weighted by Gasteiger charge is 2.21. The second kappa shape index (κ2) is 8.12. The van der Waals surface area contributed by atoms with Crippen LogP contribution < -0.4 is 5.32 Å². The number of nitrogens with one attached hydrogen (secondary N) is 1. The molecule has 116 valence electrons. The van der Waals surface area contributed by atoms with E-state index in [1.54, 1.807) is 4.90 Å². The molecule has 0 aliphatic heterocycles. The van der Waals surface area contributed by atoms with Crippen LogP contribution in [0.5, 0.6) is 0 Å². The quantitative estimate of drug-likeness (QED) is 0.788. The molecule has 0 spiro atoms. The number of carboxylic acid groups (broad SMARTS) is 1. The fourth-order valence-corrected chi connectivity index (χ4v) is 2.68. The Morgan fingerprint density at radius 3 is 2.35 bits per heavy atom. The molecule has 2 amide bonds. The molecule has 20 heavy (non-hydrogen) atoms. The first kappa shape index (κ1) is 16.8. The topological polar surface area (TPSA) is 69.6 Å². The van der Waals surface area contributed by atoms with E-state index in [0.29, 0.717) is 12.5 Å². The minimum atomic E-state index is -0.871. The van der Waals surface area contributed by atoms with Gasteiger partial charge in [-0.3, -0.25) is 4.79 Å². The average molecular weight is 284 g/mol. The standard InChI is InChI=1S/C15H28N2O3/c1-11(2)17(9-8-14(18)19)15(20)16-10-13-6-4-12(3)5-7-13/h11-13H,4-10H2,1-3H3,(H,16,20)(H,18,19). The zero-order valence-corrected chi connectivity index (χ0v) is 12.9. The summed E-state index contributed by atoms with van der Waals surface area (Å²) in [6.07, 6.45) is 4.84. The molecule has 5 nitrogen and oxygen atoms in total. The van der Waals surface area contributed by atoms with Gasteiger partial charge in [-0.25, -0.2) is 4.79 Å². The van der Waals surface area contributed by atoms with E-state index in [-0.39, 0.29) is 25.0 Å². The van der Waals surface area contributed by atoms with Crippen molar-refractivity contribution in [2.45, 2.75) is 58.9 Å². The third-order valence-corrected chi connectivity index (χ3v) is 4.13. The largest absolute Gasteiger partial charge is 0.481 e. The van der Waals surface area contributed by atoms with Crippen molar-refractivity contribution in [1.29, 1.82) is 0 Å². The molecular weight excluding hydrogens is 256 g/mol. The van der Waals surface area contributed by atoms with E-state index in [0.717, 1.165) is 5.92 Å². The van der Waals surface area contributed by atoms with Crippen molar-refractivity contribution < 1.29 is 14.7 Å². The van der Waals surface area contributed by atoms with Crippen molar-refractivity contribution >= 4 is 12.0 Å². The van der Waals surface area contributed by atoms with E-state index >= 15 is 0 Å². The van der Waals surface area contributed by atoms with E-state index in [9.17, 15) is 9.59 Å². The summed E-state index contributed by atoms with van der Waals surface area (Å²) in [5, 5.41) is 11.7. The maximum Gasteiger partial charge on any atom is 0.317 e. The molecule has 0 saturated heterocycles. The predicted molar refractivity (Wildman–Crippen MR) is 78.6 cm³/mol. The van der Waals surface area contributed by atoms with Crippen molar-refractivity contribution in [3.05, 3.63) is 0 Å². The fourth-order valence-electron chi connectivity index (χ4n) is 2.68. The minimum absolute atomic E-state index is 0.00740. The van der Waals surface area contributed by atoms with Gasteiger partial charge in [0.05, 0.1) is 6.42 Å². The number of hydrogen-bond acceptors (Lipinski definition) is 2. The molecule has 0 atom stereocenters. The van der Waals surface area contributed by atoms with Crippen LogP contribution in [0.15, 0.2) is 0 Å². The van der Waals surface area contributed by atoms with Gasteiger partial charge >= 0.3 is 12.0 Å². The monoisotopic (exact) mass is 284 g/mol. The van der Waals surface area contributed by atoms with Gasteiger partial charge in [-0.15, -0.1) is 0 Å². The third kappa shape index (κ3) is 5.80. The Labute approximate surface area is 121 Å². The molecule has 0 aromatic rings. The van der Waals surface area contributed by atoms with Gasteiger partial charge in [0.2, 0.25) is 0 Å². The van der Waals surface area contributed by atoms with Gasteiger partial charge in [-0.2, -0.15) is 0 Å². The van der Waals surface area contributed by atoms with Crippen LogP contribution in [0.1, 0.15) is 52.9 Å². The normalized spacial score (nSPS) is 22.6. The highest BCUT2D eigenvalue weighted by Crippen LogP contribution is 2.27. The Hall–Kier alpha value is -1.26. The first-order valence-corrected chi connectivity index (χ1v) is 7.66. The summed E-state index contributed by atoms with van der Waals surface area (Å²) < 4.78 is 0. The lowest BCUT2D eigenvalue weighted by molar-refractivity contribution is -0.137. The van der Waals surface area contributed by atoms with Crippen LogP contribution in [0.4, 0.5) is 4.79 Å². The number of carboxylic acids is 1. The lowest BCUT2D eigenvalue weighted by Crippen LogP contribution is -2.46. The van der Waals surface area contributed by atoms with Crippen LogP contribution in [-0.4, -0.2) is 41.1 Å². The molecular formula is C15H28N2O3. The predicted octanol–water partition coefficient (Wildman–Crippen LogP) is 2.71. The van der Waals surface area contributed by atoms with Gasteiger partial charge in [-0.1, -0.05) is 19.8 Å². The SMILES string of the molecule is CC1CCC(CNC(=O)N(CCC(=O)O)C(C)C)CC1. The molecule has 0 unspecified atom stereocenters. The zero-order chi connectivity index (χ0) is 15.1. The highest BCUT2D eigenvalue weighted by atomic mass is 16.4. The van der Waals surface area contributed by atoms with Crippen LogP contribution in [0, 0.1) is 11.8 Å². The van der Waals surface area contributed by atoms with E-state index < -0.39 is 5.97 Å². The molecule has 5 heteroatoms. The second-order valence-corrected chi connectivity index (χ2v) is 6.24. The van der Waals surface area contributed by atoms with E-state index in [1.165, 1.54) is 25.7 Å². The lowest BCUT2D eigenvalue weighted by Gasteiger charge is -2.29. The number of hydrogen-bond donors (Lipinski definition) is 2. The number of urea groups is 1. The number of nitrogens with zero attached hydrogens (tertiary/aromatic N) is 1. The summed E-state index contributed by atoms with van der Waals surface area (Å²) in [7, 11) is 0. The minimum Gasteiger partial charge on any atom is -0.481 e. The molecule has 0 radical (unpaired) electrons. The van der Waals surface area contributed by atoms with Crippen LogP contribution in [0.25, 0.3) is 0 Å². The smallest absolute Gasteiger partial charge is 0.317 e. The molecule has 0 bridgehead atoms. The van der Waals surface area contributed by atoms with Gasteiger partial charge in [-0.05, 0) is 38.5 Å². The first-order chi connectivity index (χ1) is 9.40. The molecule has 1 saturated carbocycles. The van der Waals surface area contributed by atoms with Crippen molar-refractivity contribution in [2.24, 2.45) is 11.8 Å². The fraction of sp³-hybridized carbons (Fsp3) is 0.867. The van der Waals surface area contributed by atoms with Gasteiger partial charge in [0.25, 0.3) is 0 Å². The summed E-state index contributed by atoms with van der Waals surface area (Å²) in [4.78, 5) is 24.3. The summed E-state index contributed by atoms with van der Waals surface area (Å²) in [6, 6.07) is -0.124. The first-order valence-electron chi connectivity index (χ1n) is 7.66. The Morgan fingerprint density at radius 2 is 1.85 bits per heavy atom. The molecule has 0 heterocycles. The number of carbonyl (C=O) groups excluding carboxylic acids is 1. The second-order valence-electron chi connectivity index (χ2n) is 6.24. The Balaban J connectivity index is 2.36. The van der Waals surface area contributed by atoms with Crippen LogP contribution >= 0.6 is 0 Å². The van der Waals surface area contributed by atoms with E-state index in [1.807, 2.05) is 13.8 Å². The highest BCUT2D eigenvalue weighted by molar-refractivity contribution is 5.75. The Bertz CT molecular complexity index is 323. The van der Waals surface area contributed by atoms with Crippen molar-refractivity contribution in [2.75, 3.05) is 13.1 Å². The van der Waals surface area contributed by atoms with Gasteiger partial charge in [0.1, 0.15) is 0 Å². The molecule has 1 fully saturated rings. The number of rotatable bonds is 6. The van der Waals surface area contributed by atoms with Crippen LogP contribution in [0.3, 0.4) is 0 Å². The Kier molecular flexibility index (Phi) is 6.82. The summed E-state index contributed by atoms with van der Waals surface area (Å²) in [6.45, 7) is 7.07. The maximum atomic E-state index is 12.1. The van der Waals surface area contributed by atoms with E-state index in [2.05, 4.69) is 12.2 Å². The molecule has 1 aliphatic rings. The lowest BCUT2D eigenvalue weighted by atomic mass is 9.83. The summed E-state index contributed by atoms with van der Waals surface area (Å²) in [5.74, 6) is 0.512. The molecule has 0 aromatic carbocycles. The van der Waals surface area contributed by atoms with Crippen LogP contribution in [0.2, 0.25) is 0 Å². The Morgan fingerprint density at radius 1 is 1.25 bits per heavy atom. The van der Waals surface area contributed by atoms with E-state index in [4.69, 9.17) is 5.11 Å². The third-order valence-electron chi connectivity index (χ3n) is 4.13. The summed E-state index contributed by atoms with van der Waals surface area (Å²) in [5.41, 5.74) is 0.